The number of ketones is 1. The number of carbonyl (C=O) groups excluding carboxylic acids is 3. The minimum absolute atomic E-state index is 0.0225. The number of rotatable bonds is 6. The molecule has 0 aromatic heterocycles. The number of nitrogens with one attached hydrogen (secondary N) is 1. The number of amides is 2. The second-order valence-corrected chi connectivity index (χ2v) is 12.8. The number of hydrogen-bond acceptors (Lipinski definition) is 6. The summed E-state index contributed by atoms with van der Waals surface area (Å²) < 4.78 is 5.77. The van der Waals surface area contributed by atoms with Crippen molar-refractivity contribution in [2.75, 3.05) is 32.5 Å². The smallest absolute Gasteiger partial charge is 0.252 e. The molecule has 0 unspecified atom stereocenters. The fraction of sp³-hybridized carbons (Fsp3) is 0.690. The van der Waals surface area contributed by atoms with Gasteiger partial charge in [-0.05, 0) is 81.5 Å². The minimum Gasteiger partial charge on any atom is -0.367 e. The van der Waals surface area contributed by atoms with E-state index in [-0.39, 0.29) is 35.6 Å². The van der Waals surface area contributed by atoms with E-state index in [2.05, 4.69) is 22.3 Å². The van der Waals surface area contributed by atoms with Crippen LogP contribution in [0.1, 0.15) is 79.6 Å². The van der Waals surface area contributed by atoms with Crippen molar-refractivity contribution in [2.45, 2.75) is 92.7 Å². The van der Waals surface area contributed by atoms with Crippen LogP contribution in [0.3, 0.4) is 0 Å². The molecule has 7 nitrogen and oxygen atoms in total. The summed E-state index contributed by atoms with van der Waals surface area (Å²) >= 11 is 1.64. The maximum absolute atomic E-state index is 14.1. The van der Waals surface area contributed by atoms with E-state index in [9.17, 15) is 14.4 Å². The standard InChI is InChI=1S/C29H39N3O4S/c1-37-24-17-32(25-23(33)18-36-26(24)25)28(35)29(13-3-2-4-14-29)30-27(34)21-7-5-19(6-8-21)20-11-15-31(16-12-20)22-9-10-22/h5-8,20,22,24-26H,2-4,9-18H2,1H3,(H,30,34)/t24-,25+,26+/m0/s1. The third kappa shape index (κ3) is 4.85. The van der Waals surface area contributed by atoms with Gasteiger partial charge in [0.15, 0.2) is 5.78 Å². The summed E-state index contributed by atoms with van der Waals surface area (Å²) in [5.74, 6) is 0.226. The fourth-order valence-corrected chi connectivity index (χ4v) is 7.89. The van der Waals surface area contributed by atoms with Crippen LogP contribution >= 0.6 is 11.8 Å². The van der Waals surface area contributed by atoms with E-state index in [1.807, 2.05) is 18.4 Å². The quantitative estimate of drug-likeness (QED) is 0.614. The van der Waals surface area contributed by atoms with Crippen LogP contribution in [0.25, 0.3) is 0 Å². The number of fused-ring (bicyclic) bond motifs is 1. The molecule has 8 heteroatoms. The van der Waals surface area contributed by atoms with Crippen molar-refractivity contribution in [3.8, 4) is 0 Å². The molecule has 5 aliphatic rings. The molecule has 1 N–H and O–H groups in total. The van der Waals surface area contributed by atoms with Crippen LogP contribution in [-0.4, -0.2) is 88.9 Å². The molecule has 2 saturated carbocycles. The lowest BCUT2D eigenvalue weighted by atomic mass is 9.80. The van der Waals surface area contributed by atoms with Gasteiger partial charge in [0, 0.05) is 18.2 Å². The van der Waals surface area contributed by atoms with Gasteiger partial charge in [-0.15, -0.1) is 0 Å². The van der Waals surface area contributed by atoms with E-state index in [1.54, 1.807) is 16.7 Å². The van der Waals surface area contributed by atoms with Gasteiger partial charge >= 0.3 is 0 Å². The summed E-state index contributed by atoms with van der Waals surface area (Å²) in [5.41, 5.74) is 0.949. The monoisotopic (exact) mass is 525 g/mol. The molecule has 3 heterocycles. The van der Waals surface area contributed by atoms with Crippen LogP contribution in [0, 0.1) is 0 Å². The van der Waals surface area contributed by atoms with Gasteiger partial charge in [-0.2, -0.15) is 11.8 Å². The van der Waals surface area contributed by atoms with Crippen LogP contribution in [0.15, 0.2) is 24.3 Å². The van der Waals surface area contributed by atoms with Crippen LogP contribution < -0.4 is 5.32 Å². The highest BCUT2D eigenvalue weighted by Gasteiger charge is 2.56. The largest absolute Gasteiger partial charge is 0.367 e. The first-order valence-corrected chi connectivity index (χ1v) is 15.4. The van der Waals surface area contributed by atoms with Gasteiger partial charge < -0.3 is 19.9 Å². The molecule has 37 heavy (non-hydrogen) atoms. The molecule has 1 aromatic rings. The molecule has 2 amide bonds. The lowest BCUT2D eigenvalue weighted by molar-refractivity contribution is -0.143. The number of hydrogen-bond donors (Lipinski definition) is 1. The lowest BCUT2D eigenvalue weighted by Gasteiger charge is -2.40. The second-order valence-electron chi connectivity index (χ2n) is 11.7. The van der Waals surface area contributed by atoms with Crippen molar-refractivity contribution in [1.82, 2.24) is 15.1 Å². The maximum atomic E-state index is 14.1. The number of ether oxygens (including phenoxy) is 1. The Hall–Kier alpha value is -1.90. The molecule has 3 saturated heterocycles. The van der Waals surface area contributed by atoms with Crippen LogP contribution in [0.5, 0.6) is 0 Å². The van der Waals surface area contributed by atoms with Gasteiger partial charge in [0.25, 0.3) is 5.91 Å². The average Bonchev–Trinajstić information content (AvgIpc) is 3.62. The molecule has 2 aliphatic carbocycles. The number of piperidine rings is 1. The predicted octanol–water partition coefficient (Wildman–Crippen LogP) is 3.37. The summed E-state index contributed by atoms with van der Waals surface area (Å²) in [6.07, 6.45) is 10.9. The van der Waals surface area contributed by atoms with Gasteiger partial charge in [-0.3, -0.25) is 14.4 Å². The van der Waals surface area contributed by atoms with E-state index in [0.717, 1.165) is 25.3 Å². The molecule has 0 bridgehead atoms. The number of nitrogens with zero attached hydrogens (tertiary/aromatic N) is 2. The minimum atomic E-state index is -0.954. The van der Waals surface area contributed by atoms with Crippen LogP contribution in [0.2, 0.25) is 0 Å². The zero-order valence-electron chi connectivity index (χ0n) is 21.8. The Morgan fingerprint density at radius 2 is 1.73 bits per heavy atom. The fourth-order valence-electron chi connectivity index (χ4n) is 7.09. The zero-order valence-corrected chi connectivity index (χ0v) is 22.6. The van der Waals surface area contributed by atoms with E-state index in [1.165, 1.54) is 44.3 Å². The third-order valence-corrected chi connectivity index (χ3v) is 10.4. The van der Waals surface area contributed by atoms with Gasteiger partial charge in [-0.1, -0.05) is 31.4 Å². The highest BCUT2D eigenvalue weighted by atomic mass is 32.2. The highest BCUT2D eigenvalue weighted by Crippen LogP contribution is 2.38. The molecule has 6 rings (SSSR count). The predicted molar refractivity (Wildman–Crippen MR) is 144 cm³/mol. The molecule has 200 valence electrons. The Balaban J connectivity index is 1.15. The first-order chi connectivity index (χ1) is 18.0. The number of likely N-dealkylation sites (tertiary alicyclic amines) is 2. The third-order valence-electron chi connectivity index (χ3n) is 9.41. The van der Waals surface area contributed by atoms with Crippen molar-refractivity contribution in [2.24, 2.45) is 0 Å². The Labute approximate surface area is 224 Å². The number of thioether (sulfide) groups is 1. The van der Waals surface area contributed by atoms with Crippen molar-refractivity contribution < 1.29 is 19.1 Å². The molecular formula is C29H39N3O4S. The van der Waals surface area contributed by atoms with E-state index in [4.69, 9.17) is 4.74 Å². The SMILES string of the molecule is CS[C@H]1CN(C(=O)C2(NC(=O)c3ccc(C4CCN(C5CC5)CC4)cc3)CCCCC2)[C@@H]2C(=O)CO[C@H]12. The number of Topliss-reactive ketones (excluding diaryl/α,β-unsaturated/α-hetero) is 1. The lowest BCUT2D eigenvalue weighted by Crippen LogP contribution is -2.62. The first-order valence-electron chi connectivity index (χ1n) is 14.1. The number of carbonyl (C=O) groups is 3. The summed E-state index contributed by atoms with van der Waals surface area (Å²) in [6.45, 7) is 2.91. The van der Waals surface area contributed by atoms with Gasteiger partial charge in [-0.25, -0.2) is 0 Å². The van der Waals surface area contributed by atoms with Crippen molar-refractivity contribution in [3.63, 3.8) is 0 Å². The van der Waals surface area contributed by atoms with Crippen molar-refractivity contribution >= 4 is 29.4 Å². The molecular weight excluding hydrogens is 486 g/mol. The van der Waals surface area contributed by atoms with E-state index >= 15 is 0 Å². The normalized spacial score (nSPS) is 30.4. The maximum Gasteiger partial charge on any atom is 0.252 e. The Bertz CT molecular complexity index is 1030. The van der Waals surface area contributed by atoms with Crippen LogP contribution in [0.4, 0.5) is 0 Å². The molecule has 1 aromatic carbocycles. The average molecular weight is 526 g/mol. The van der Waals surface area contributed by atoms with E-state index in [0.29, 0.717) is 30.9 Å². The summed E-state index contributed by atoms with van der Waals surface area (Å²) in [7, 11) is 0. The molecule has 0 radical (unpaired) electrons. The van der Waals surface area contributed by atoms with Gasteiger partial charge in [0.1, 0.15) is 18.2 Å². The van der Waals surface area contributed by atoms with Crippen molar-refractivity contribution in [1.29, 1.82) is 0 Å². The summed E-state index contributed by atoms with van der Waals surface area (Å²) in [6, 6.07) is 8.35. The Kier molecular flexibility index (Phi) is 7.10. The molecule has 3 aliphatic heterocycles. The van der Waals surface area contributed by atoms with E-state index < -0.39 is 11.6 Å². The van der Waals surface area contributed by atoms with Gasteiger partial charge in [0.05, 0.1) is 11.4 Å². The van der Waals surface area contributed by atoms with Crippen molar-refractivity contribution in [3.05, 3.63) is 35.4 Å². The second kappa shape index (κ2) is 10.3. The number of benzene rings is 1. The zero-order chi connectivity index (χ0) is 25.6. The van der Waals surface area contributed by atoms with Gasteiger partial charge in [0.2, 0.25) is 5.91 Å². The molecule has 3 atom stereocenters. The topological polar surface area (TPSA) is 79.0 Å². The molecule has 0 spiro atoms. The molecule has 5 fully saturated rings. The van der Waals surface area contributed by atoms with Crippen LogP contribution in [-0.2, 0) is 14.3 Å². The Morgan fingerprint density at radius 1 is 1.03 bits per heavy atom. The first kappa shape index (κ1) is 25.4. The summed E-state index contributed by atoms with van der Waals surface area (Å²) in [5, 5.41) is 3.27. The Morgan fingerprint density at radius 3 is 2.38 bits per heavy atom. The highest BCUT2D eigenvalue weighted by molar-refractivity contribution is 7.99. The summed E-state index contributed by atoms with van der Waals surface area (Å²) in [4.78, 5) is 44.6.